The topological polar surface area (TPSA) is 29.3 Å². The fourth-order valence-electron chi connectivity index (χ4n) is 2.14. The van der Waals surface area contributed by atoms with Crippen molar-refractivity contribution in [1.82, 2.24) is 0 Å². The number of nitrogens with two attached hydrogens (primary N) is 1. The van der Waals surface area contributed by atoms with E-state index in [0.717, 1.165) is 12.2 Å². The normalized spacial score (nSPS) is 9.86. The van der Waals surface area contributed by atoms with Gasteiger partial charge in [0.1, 0.15) is 5.82 Å². The Morgan fingerprint density at radius 1 is 1.14 bits per heavy atom. The summed E-state index contributed by atoms with van der Waals surface area (Å²) in [5, 5.41) is 0. The van der Waals surface area contributed by atoms with E-state index in [1.807, 2.05) is 36.4 Å². The number of nitrogens with zero attached hydrogens (tertiary/aromatic N) is 1. The van der Waals surface area contributed by atoms with Crippen molar-refractivity contribution in [3.05, 3.63) is 65.5 Å². The van der Waals surface area contributed by atoms with Gasteiger partial charge in [-0.15, -0.1) is 0 Å². The first-order chi connectivity index (χ1) is 10.2. The van der Waals surface area contributed by atoms with E-state index < -0.39 is 0 Å². The quantitative estimate of drug-likeness (QED) is 0.873. The Balaban J connectivity index is 2.18. The summed E-state index contributed by atoms with van der Waals surface area (Å²) in [4.78, 5) is 2.13. The van der Waals surface area contributed by atoms with Gasteiger partial charge in [-0.25, -0.2) is 4.39 Å². The number of halogens is 1. The molecule has 0 radical (unpaired) electrons. The molecule has 2 aromatic rings. The fourth-order valence-corrected chi connectivity index (χ4v) is 2.14. The molecule has 0 spiro atoms. The lowest BCUT2D eigenvalue weighted by atomic mass is 10.1. The van der Waals surface area contributed by atoms with Crippen LogP contribution in [0.3, 0.4) is 0 Å². The zero-order valence-corrected chi connectivity index (χ0v) is 12.1. The highest BCUT2D eigenvalue weighted by atomic mass is 19.1. The molecule has 0 aliphatic carbocycles. The molecule has 21 heavy (non-hydrogen) atoms. The Hall–Kier alpha value is -2.31. The van der Waals surface area contributed by atoms with Crippen molar-refractivity contribution in [3.8, 4) is 11.8 Å². The van der Waals surface area contributed by atoms with E-state index in [1.165, 1.54) is 6.07 Å². The third kappa shape index (κ3) is 4.08. The molecule has 2 aromatic carbocycles. The molecule has 0 bridgehead atoms. The summed E-state index contributed by atoms with van der Waals surface area (Å²) in [5.74, 6) is 5.34. The van der Waals surface area contributed by atoms with Crippen molar-refractivity contribution in [3.63, 3.8) is 0 Å². The first kappa shape index (κ1) is 15.1. The second-order valence-electron chi connectivity index (χ2n) is 4.66. The number of benzene rings is 2. The highest BCUT2D eigenvalue weighted by molar-refractivity contribution is 5.47. The summed E-state index contributed by atoms with van der Waals surface area (Å²) in [7, 11) is 0. The van der Waals surface area contributed by atoms with E-state index in [-0.39, 0.29) is 12.4 Å². The van der Waals surface area contributed by atoms with Crippen LogP contribution in [0.1, 0.15) is 18.1 Å². The summed E-state index contributed by atoms with van der Waals surface area (Å²) < 4.78 is 14.2. The number of para-hydroxylation sites is 1. The lowest BCUT2D eigenvalue weighted by Crippen LogP contribution is -2.22. The van der Waals surface area contributed by atoms with Gasteiger partial charge in [-0.3, -0.25) is 0 Å². The SMILES string of the molecule is CCN(Cc1ccc(C#CCN)cc1F)c1ccccc1. The van der Waals surface area contributed by atoms with E-state index in [2.05, 4.69) is 23.7 Å². The van der Waals surface area contributed by atoms with E-state index >= 15 is 0 Å². The number of hydrogen-bond acceptors (Lipinski definition) is 2. The Kier molecular flexibility index (Phi) is 5.36. The fraction of sp³-hybridized carbons (Fsp3) is 0.222. The van der Waals surface area contributed by atoms with Crippen LogP contribution in [0.25, 0.3) is 0 Å². The minimum Gasteiger partial charge on any atom is -0.367 e. The molecule has 2 N–H and O–H groups in total. The Morgan fingerprint density at radius 3 is 2.52 bits per heavy atom. The van der Waals surface area contributed by atoms with Crippen molar-refractivity contribution in [2.45, 2.75) is 13.5 Å². The molecule has 0 saturated carbocycles. The van der Waals surface area contributed by atoms with Gasteiger partial charge in [0.05, 0.1) is 6.54 Å². The van der Waals surface area contributed by atoms with E-state index in [0.29, 0.717) is 17.7 Å². The number of hydrogen-bond donors (Lipinski definition) is 1. The van der Waals surface area contributed by atoms with Crippen molar-refractivity contribution < 1.29 is 4.39 Å². The minimum absolute atomic E-state index is 0.229. The highest BCUT2D eigenvalue weighted by Gasteiger charge is 2.09. The third-order valence-corrected chi connectivity index (χ3v) is 3.25. The summed E-state index contributed by atoms with van der Waals surface area (Å²) in [6, 6.07) is 15.1. The molecule has 2 nitrogen and oxygen atoms in total. The van der Waals surface area contributed by atoms with Gasteiger partial charge in [0.15, 0.2) is 0 Å². The molecule has 0 amide bonds. The van der Waals surface area contributed by atoms with Crippen LogP contribution in [0.2, 0.25) is 0 Å². The molecule has 0 aliphatic heterocycles. The largest absolute Gasteiger partial charge is 0.367 e. The molecule has 0 aliphatic rings. The van der Waals surface area contributed by atoms with Crippen molar-refractivity contribution in [2.24, 2.45) is 5.73 Å². The minimum atomic E-state index is -0.229. The molecule has 0 fully saturated rings. The van der Waals surface area contributed by atoms with Crippen LogP contribution in [-0.2, 0) is 6.54 Å². The number of rotatable bonds is 4. The predicted molar refractivity (Wildman–Crippen MR) is 85.5 cm³/mol. The Bertz CT molecular complexity index is 641. The monoisotopic (exact) mass is 282 g/mol. The van der Waals surface area contributed by atoms with Gasteiger partial charge in [-0.1, -0.05) is 36.1 Å². The van der Waals surface area contributed by atoms with Crippen molar-refractivity contribution >= 4 is 5.69 Å². The zero-order chi connectivity index (χ0) is 15.1. The molecule has 0 saturated heterocycles. The maximum atomic E-state index is 14.2. The van der Waals surface area contributed by atoms with Gasteiger partial charge in [-0.05, 0) is 31.2 Å². The highest BCUT2D eigenvalue weighted by Crippen LogP contribution is 2.18. The lowest BCUT2D eigenvalue weighted by Gasteiger charge is -2.23. The van der Waals surface area contributed by atoms with E-state index in [9.17, 15) is 4.39 Å². The maximum absolute atomic E-state index is 14.2. The van der Waals surface area contributed by atoms with Gasteiger partial charge in [0.25, 0.3) is 0 Å². The van der Waals surface area contributed by atoms with Gasteiger partial charge in [0, 0.05) is 29.9 Å². The van der Waals surface area contributed by atoms with Gasteiger partial charge in [0.2, 0.25) is 0 Å². The van der Waals surface area contributed by atoms with E-state index in [1.54, 1.807) is 6.07 Å². The smallest absolute Gasteiger partial charge is 0.129 e. The van der Waals surface area contributed by atoms with Crippen LogP contribution in [0.15, 0.2) is 48.5 Å². The van der Waals surface area contributed by atoms with Crippen LogP contribution >= 0.6 is 0 Å². The van der Waals surface area contributed by atoms with E-state index in [4.69, 9.17) is 5.73 Å². The summed E-state index contributed by atoms with van der Waals surface area (Å²) in [6.07, 6.45) is 0. The average molecular weight is 282 g/mol. The third-order valence-electron chi connectivity index (χ3n) is 3.25. The number of anilines is 1. The molecular weight excluding hydrogens is 263 g/mol. The first-order valence-corrected chi connectivity index (χ1v) is 7.02. The Labute approximate surface area is 125 Å². The zero-order valence-electron chi connectivity index (χ0n) is 12.1. The van der Waals surface area contributed by atoms with Crippen LogP contribution in [0, 0.1) is 17.7 Å². The lowest BCUT2D eigenvalue weighted by molar-refractivity contribution is 0.605. The Morgan fingerprint density at radius 2 is 1.90 bits per heavy atom. The summed E-state index contributed by atoms with van der Waals surface area (Å²) in [5.41, 5.74) is 7.73. The van der Waals surface area contributed by atoms with Crippen LogP contribution in [0.5, 0.6) is 0 Å². The van der Waals surface area contributed by atoms with Gasteiger partial charge >= 0.3 is 0 Å². The average Bonchev–Trinajstić information content (AvgIpc) is 2.53. The predicted octanol–water partition coefficient (Wildman–Crippen LogP) is 3.16. The standard InChI is InChI=1S/C18H19FN2/c1-2-21(17-8-4-3-5-9-17)14-16-11-10-15(7-6-12-20)13-18(16)19/h3-5,8-11,13H,2,12,14,20H2,1H3. The molecule has 108 valence electrons. The molecule has 0 heterocycles. The van der Waals surface area contributed by atoms with Crippen molar-refractivity contribution in [1.29, 1.82) is 0 Å². The molecule has 0 aromatic heterocycles. The van der Waals surface area contributed by atoms with Crippen molar-refractivity contribution in [2.75, 3.05) is 18.0 Å². The van der Waals surface area contributed by atoms with Crippen LogP contribution in [-0.4, -0.2) is 13.1 Å². The summed E-state index contributed by atoms with van der Waals surface area (Å²) >= 11 is 0. The second kappa shape index (κ2) is 7.47. The van der Waals surface area contributed by atoms with Gasteiger partial charge < -0.3 is 10.6 Å². The summed E-state index contributed by atoms with van der Waals surface area (Å²) in [6.45, 7) is 3.70. The molecule has 2 rings (SSSR count). The van der Waals surface area contributed by atoms with Gasteiger partial charge in [-0.2, -0.15) is 0 Å². The second-order valence-corrected chi connectivity index (χ2v) is 4.66. The molecule has 0 unspecified atom stereocenters. The molecule has 3 heteroatoms. The molecular formula is C18H19FN2. The van der Waals surface area contributed by atoms with Crippen LogP contribution in [0.4, 0.5) is 10.1 Å². The van der Waals surface area contributed by atoms with Crippen LogP contribution < -0.4 is 10.6 Å². The molecule has 0 atom stereocenters. The first-order valence-electron chi connectivity index (χ1n) is 7.02. The maximum Gasteiger partial charge on any atom is 0.129 e.